The maximum Gasteiger partial charge on any atom is 0.227 e. The maximum atomic E-state index is 10.7. The van der Waals surface area contributed by atoms with Gasteiger partial charge in [-0.1, -0.05) is 12.1 Å². The third-order valence-corrected chi connectivity index (χ3v) is 3.83. The van der Waals surface area contributed by atoms with Crippen molar-refractivity contribution in [3.05, 3.63) is 29.8 Å². The van der Waals surface area contributed by atoms with Crippen molar-refractivity contribution in [1.29, 1.82) is 0 Å². The molecule has 0 spiro atoms. The fraction of sp³-hybridized carbons (Fsp3) is 0.462. The van der Waals surface area contributed by atoms with E-state index in [1.54, 1.807) is 0 Å². The number of primary amides is 1. The molecule has 1 amide bonds. The first-order valence-corrected chi connectivity index (χ1v) is 6.84. The molecule has 0 radical (unpaired) electrons. The van der Waals surface area contributed by atoms with Crippen LogP contribution in [0.3, 0.4) is 0 Å². The highest BCUT2D eigenvalue weighted by atomic mass is 32.2. The SMILES string of the molecule is NC(=O)CSc1ccc(CC2CCCO2)cc1. The Hall–Kier alpha value is -1.00. The van der Waals surface area contributed by atoms with E-state index in [1.165, 1.54) is 23.7 Å². The van der Waals surface area contributed by atoms with E-state index in [4.69, 9.17) is 10.5 Å². The number of hydrogen-bond donors (Lipinski definition) is 1. The summed E-state index contributed by atoms with van der Waals surface area (Å²) in [4.78, 5) is 11.7. The predicted molar refractivity (Wildman–Crippen MR) is 69.0 cm³/mol. The summed E-state index contributed by atoms with van der Waals surface area (Å²) in [5.41, 5.74) is 6.39. The number of thioether (sulfide) groups is 1. The van der Waals surface area contributed by atoms with Crippen LogP contribution in [0, 0.1) is 0 Å². The van der Waals surface area contributed by atoms with E-state index < -0.39 is 0 Å². The first-order valence-electron chi connectivity index (χ1n) is 5.85. The second kappa shape index (κ2) is 6.07. The number of rotatable bonds is 5. The van der Waals surface area contributed by atoms with Gasteiger partial charge in [-0.05, 0) is 37.0 Å². The van der Waals surface area contributed by atoms with Crippen molar-refractivity contribution in [1.82, 2.24) is 0 Å². The van der Waals surface area contributed by atoms with Crippen LogP contribution in [-0.4, -0.2) is 24.4 Å². The molecule has 17 heavy (non-hydrogen) atoms. The Labute approximate surface area is 106 Å². The lowest BCUT2D eigenvalue weighted by atomic mass is 10.1. The average molecular weight is 251 g/mol. The molecule has 2 N–H and O–H groups in total. The quantitative estimate of drug-likeness (QED) is 0.814. The summed E-state index contributed by atoms with van der Waals surface area (Å²) in [6.45, 7) is 0.900. The molecule has 0 aliphatic carbocycles. The summed E-state index contributed by atoms with van der Waals surface area (Å²) in [6.07, 6.45) is 3.72. The van der Waals surface area contributed by atoms with Gasteiger partial charge >= 0.3 is 0 Å². The van der Waals surface area contributed by atoms with Gasteiger partial charge in [-0.25, -0.2) is 0 Å². The van der Waals surface area contributed by atoms with Crippen LogP contribution in [-0.2, 0) is 16.0 Å². The van der Waals surface area contributed by atoms with Crippen LogP contribution in [0.4, 0.5) is 0 Å². The topological polar surface area (TPSA) is 52.3 Å². The van der Waals surface area contributed by atoms with Crippen molar-refractivity contribution >= 4 is 17.7 Å². The van der Waals surface area contributed by atoms with Crippen molar-refractivity contribution in [3.63, 3.8) is 0 Å². The van der Waals surface area contributed by atoms with Crippen LogP contribution in [0.2, 0.25) is 0 Å². The van der Waals surface area contributed by atoms with Crippen molar-refractivity contribution in [2.45, 2.75) is 30.3 Å². The molecule has 0 saturated carbocycles. The molecule has 2 rings (SSSR count). The Balaban J connectivity index is 1.86. The first-order chi connectivity index (χ1) is 8.24. The highest BCUT2D eigenvalue weighted by Crippen LogP contribution is 2.21. The molecule has 0 aromatic heterocycles. The largest absolute Gasteiger partial charge is 0.378 e. The minimum Gasteiger partial charge on any atom is -0.378 e. The summed E-state index contributed by atoms with van der Waals surface area (Å²) >= 11 is 1.47. The van der Waals surface area contributed by atoms with Gasteiger partial charge < -0.3 is 10.5 Å². The lowest BCUT2D eigenvalue weighted by Gasteiger charge is -2.09. The molecule has 1 saturated heterocycles. The molecule has 0 bridgehead atoms. The van der Waals surface area contributed by atoms with E-state index in [-0.39, 0.29) is 5.91 Å². The van der Waals surface area contributed by atoms with E-state index >= 15 is 0 Å². The molecule has 1 aromatic carbocycles. The zero-order valence-electron chi connectivity index (χ0n) is 9.72. The number of nitrogens with two attached hydrogens (primary N) is 1. The Morgan fingerprint density at radius 1 is 1.41 bits per heavy atom. The van der Waals surface area contributed by atoms with Crippen molar-refractivity contribution in [2.24, 2.45) is 5.73 Å². The van der Waals surface area contributed by atoms with E-state index in [2.05, 4.69) is 12.1 Å². The van der Waals surface area contributed by atoms with Crippen molar-refractivity contribution in [2.75, 3.05) is 12.4 Å². The Bertz CT molecular complexity index is 372. The minimum atomic E-state index is -0.279. The van der Waals surface area contributed by atoms with E-state index in [9.17, 15) is 4.79 Å². The molecule has 4 heteroatoms. The van der Waals surface area contributed by atoms with Gasteiger partial charge in [-0.15, -0.1) is 11.8 Å². The zero-order valence-corrected chi connectivity index (χ0v) is 10.5. The third kappa shape index (κ3) is 4.06. The van der Waals surface area contributed by atoms with Crippen LogP contribution in [0.1, 0.15) is 18.4 Å². The molecular weight excluding hydrogens is 234 g/mol. The molecule has 3 nitrogen and oxygen atoms in total. The van der Waals surface area contributed by atoms with Crippen LogP contribution < -0.4 is 5.73 Å². The number of carbonyl (C=O) groups excluding carboxylic acids is 1. The molecule has 92 valence electrons. The molecule has 1 aliphatic heterocycles. The summed E-state index contributed by atoms with van der Waals surface area (Å²) in [5.74, 6) is 0.0591. The molecule has 1 aliphatic rings. The van der Waals surface area contributed by atoms with Crippen LogP contribution in [0.25, 0.3) is 0 Å². The van der Waals surface area contributed by atoms with E-state index in [1.807, 2.05) is 12.1 Å². The molecule has 1 heterocycles. The molecule has 1 aromatic rings. The van der Waals surface area contributed by atoms with Gasteiger partial charge in [-0.3, -0.25) is 4.79 Å². The van der Waals surface area contributed by atoms with Gasteiger partial charge in [0.15, 0.2) is 0 Å². The number of amides is 1. The van der Waals surface area contributed by atoms with Gasteiger partial charge in [0.1, 0.15) is 0 Å². The highest BCUT2D eigenvalue weighted by molar-refractivity contribution is 8.00. The van der Waals surface area contributed by atoms with Crippen LogP contribution >= 0.6 is 11.8 Å². The lowest BCUT2D eigenvalue weighted by molar-refractivity contribution is -0.115. The first kappa shape index (κ1) is 12.5. The van der Waals surface area contributed by atoms with Gasteiger partial charge in [0, 0.05) is 11.5 Å². The Kier molecular flexibility index (Phi) is 4.45. The van der Waals surface area contributed by atoms with Crippen molar-refractivity contribution < 1.29 is 9.53 Å². The van der Waals surface area contributed by atoms with Gasteiger partial charge in [0.05, 0.1) is 11.9 Å². The fourth-order valence-corrected chi connectivity index (χ4v) is 2.58. The second-order valence-electron chi connectivity index (χ2n) is 4.24. The van der Waals surface area contributed by atoms with Crippen molar-refractivity contribution in [3.8, 4) is 0 Å². The number of hydrogen-bond acceptors (Lipinski definition) is 3. The van der Waals surface area contributed by atoms with Gasteiger partial charge in [0.25, 0.3) is 0 Å². The summed E-state index contributed by atoms with van der Waals surface area (Å²) in [7, 11) is 0. The fourth-order valence-electron chi connectivity index (χ4n) is 1.94. The number of carbonyl (C=O) groups is 1. The zero-order chi connectivity index (χ0) is 12.1. The van der Waals surface area contributed by atoms with Crippen LogP contribution in [0.5, 0.6) is 0 Å². The van der Waals surface area contributed by atoms with Gasteiger partial charge in [-0.2, -0.15) is 0 Å². The highest BCUT2D eigenvalue weighted by Gasteiger charge is 2.15. The molecular formula is C13H17NO2S. The van der Waals surface area contributed by atoms with Crippen LogP contribution in [0.15, 0.2) is 29.2 Å². The lowest BCUT2D eigenvalue weighted by Crippen LogP contribution is -2.12. The summed E-state index contributed by atoms with van der Waals surface area (Å²) < 4.78 is 5.60. The standard InChI is InChI=1S/C13H17NO2S/c14-13(15)9-17-12-5-3-10(4-6-12)8-11-2-1-7-16-11/h3-6,11H,1-2,7-9H2,(H2,14,15). The predicted octanol–water partition coefficient (Wildman–Crippen LogP) is 1.99. The minimum absolute atomic E-state index is 0.279. The third-order valence-electron chi connectivity index (χ3n) is 2.79. The van der Waals surface area contributed by atoms with E-state index in [0.717, 1.165) is 24.3 Å². The molecule has 1 unspecified atom stereocenters. The van der Waals surface area contributed by atoms with E-state index in [0.29, 0.717) is 11.9 Å². The molecule has 1 fully saturated rings. The Morgan fingerprint density at radius 2 is 2.18 bits per heavy atom. The smallest absolute Gasteiger partial charge is 0.227 e. The Morgan fingerprint density at radius 3 is 2.76 bits per heavy atom. The van der Waals surface area contributed by atoms with Gasteiger partial charge in [0.2, 0.25) is 5.91 Å². The monoisotopic (exact) mass is 251 g/mol. The molecule has 1 atom stereocenters. The summed E-state index contributed by atoms with van der Waals surface area (Å²) in [6, 6.07) is 8.28. The average Bonchev–Trinajstić information content (AvgIpc) is 2.81. The second-order valence-corrected chi connectivity index (χ2v) is 5.29. The number of ether oxygens (including phenoxy) is 1. The normalized spacial score (nSPS) is 19.4. The summed E-state index contributed by atoms with van der Waals surface area (Å²) in [5, 5.41) is 0. The maximum absolute atomic E-state index is 10.7. The number of benzene rings is 1.